The summed E-state index contributed by atoms with van der Waals surface area (Å²) in [5, 5.41) is 3.51. The lowest BCUT2D eigenvalue weighted by Gasteiger charge is -2.37. The highest BCUT2D eigenvalue weighted by Crippen LogP contribution is 2.40. The Morgan fingerprint density at radius 3 is 2.45 bits per heavy atom. The molecule has 0 unspecified atom stereocenters. The van der Waals surface area contributed by atoms with Crippen molar-refractivity contribution >= 4 is 29.5 Å². The third kappa shape index (κ3) is 6.18. The van der Waals surface area contributed by atoms with Crippen LogP contribution in [0.3, 0.4) is 0 Å². The van der Waals surface area contributed by atoms with Crippen molar-refractivity contribution in [3.8, 4) is 11.5 Å². The second-order valence-electron chi connectivity index (χ2n) is 9.53. The number of nitrogens with zero attached hydrogens (tertiary/aromatic N) is 3. The molecule has 2 aliphatic heterocycles. The monoisotopic (exact) mass is 570 g/mol. The predicted molar refractivity (Wildman–Crippen MR) is 151 cm³/mol. The first-order valence-corrected chi connectivity index (χ1v) is 13.6. The number of amides is 3. The summed E-state index contributed by atoms with van der Waals surface area (Å²) in [6, 6.07) is 11.0. The zero-order valence-electron chi connectivity index (χ0n) is 23.2. The lowest BCUT2D eigenvalue weighted by molar-refractivity contribution is -0.139. The largest absolute Gasteiger partial charge is 0.493 e. The number of likely N-dealkylation sites (N-methyl/N-ethyl adjacent to an activating group) is 1. The number of hydrogen-bond donors (Lipinski definition) is 1. The summed E-state index contributed by atoms with van der Waals surface area (Å²) >= 11 is 5.98. The molecule has 1 atom stereocenters. The third-order valence-electron chi connectivity index (χ3n) is 7.16. The van der Waals surface area contributed by atoms with Gasteiger partial charge in [0.2, 0.25) is 0 Å². The minimum atomic E-state index is -0.808. The summed E-state index contributed by atoms with van der Waals surface area (Å²) in [4.78, 5) is 45.1. The smallest absolute Gasteiger partial charge is 0.338 e. The average Bonchev–Trinajstić information content (AvgIpc) is 3.20. The second kappa shape index (κ2) is 13.1. The van der Waals surface area contributed by atoms with Gasteiger partial charge < -0.3 is 24.4 Å². The Hall–Kier alpha value is -3.76. The van der Waals surface area contributed by atoms with Crippen LogP contribution in [0, 0.1) is 0 Å². The van der Waals surface area contributed by atoms with E-state index in [9.17, 15) is 14.4 Å². The van der Waals surface area contributed by atoms with Crippen LogP contribution in [0.5, 0.6) is 11.5 Å². The minimum Gasteiger partial charge on any atom is -0.493 e. The van der Waals surface area contributed by atoms with E-state index in [1.165, 1.54) is 19.1 Å². The maximum absolute atomic E-state index is 13.4. The Labute approximate surface area is 239 Å². The number of benzene rings is 2. The molecule has 0 aromatic heterocycles. The molecule has 40 heavy (non-hydrogen) atoms. The number of urea groups is 1. The molecule has 1 N–H and O–H groups in total. The van der Waals surface area contributed by atoms with Crippen molar-refractivity contribution in [2.45, 2.75) is 19.4 Å². The van der Waals surface area contributed by atoms with Crippen LogP contribution < -0.4 is 14.8 Å². The first kappa shape index (κ1) is 29.2. The van der Waals surface area contributed by atoms with E-state index in [2.05, 4.69) is 10.2 Å². The standard InChI is InChI=1S/C29H35ClN4O6/c1-5-40-28(36)24-22(32(2)29(37)31-25(24)21-8-6-9-23(38-3)26(21)39-4)18-33-14-7-15-34(17-16-33)27(35)19-10-12-20(30)13-11-19/h6,8-13,25H,5,7,14-18H2,1-4H3,(H,31,37)/t25-/m1/s1. The van der Waals surface area contributed by atoms with Crippen LogP contribution in [0.4, 0.5) is 4.79 Å². The summed E-state index contributed by atoms with van der Waals surface area (Å²) in [6.07, 6.45) is 0.740. The summed E-state index contributed by atoms with van der Waals surface area (Å²) in [5.41, 5.74) is 2.03. The zero-order valence-corrected chi connectivity index (χ0v) is 24.0. The van der Waals surface area contributed by atoms with Gasteiger partial charge in [-0.3, -0.25) is 14.6 Å². The molecule has 1 fully saturated rings. The van der Waals surface area contributed by atoms with Crippen LogP contribution in [-0.4, -0.2) is 93.2 Å². The fourth-order valence-corrected chi connectivity index (χ4v) is 5.22. The SMILES string of the molecule is CCOC(=O)C1=C(CN2CCCN(C(=O)c3ccc(Cl)cc3)CC2)N(C)C(=O)N[C@@H]1c1cccc(OC)c1OC. The highest BCUT2D eigenvalue weighted by molar-refractivity contribution is 6.30. The van der Waals surface area contributed by atoms with Crippen LogP contribution in [0.25, 0.3) is 0 Å². The van der Waals surface area contributed by atoms with Gasteiger partial charge in [0.25, 0.3) is 5.91 Å². The molecule has 0 radical (unpaired) electrons. The van der Waals surface area contributed by atoms with E-state index in [0.717, 1.165) is 6.42 Å². The van der Waals surface area contributed by atoms with E-state index in [1.807, 2.05) is 4.90 Å². The van der Waals surface area contributed by atoms with Crippen LogP contribution in [0.1, 0.15) is 35.3 Å². The molecule has 0 spiro atoms. The Bertz CT molecular complexity index is 1280. The number of carbonyl (C=O) groups excluding carboxylic acids is 3. The molecule has 0 bridgehead atoms. The van der Waals surface area contributed by atoms with Crippen LogP contribution in [0.15, 0.2) is 53.7 Å². The molecule has 11 heteroatoms. The molecule has 0 aliphatic carbocycles. The van der Waals surface area contributed by atoms with Crippen molar-refractivity contribution in [3.63, 3.8) is 0 Å². The number of hydrogen-bond acceptors (Lipinski definition) is 7. The van der Waals surface area contributed by atoms with Crippen molar-refractivity contribution in [2.24, 2.45) is 0 Å². The fourth-order valence-electron chi connectivity index (χ4n) is 5.09. The van der Waals surface area contributed by atoms with Gasteiger partial charge in [0.15, 0.2) is 11.5 Å². The van der Waals surface area contributed by atoms with E-state index in [1.54, 1.807) is 56.4 Å². The lowest BCUT2D eigenvalue weighted by atomic mass is 9.93. The van der Waals surface area contributed by atoms with Gasteiger partial charge in [-0.25, -0.2) is 9.59 Å². The van der Waals surface area contributed by atoms with Gasteiger partial charge in [0, 0.05) is 61.6 Å². The van der Waals surface area contributed by atoms with Crippen LogP contribution >= 0.6 is 11.6 Å². The number of halogens is 1. The second-order valence-corrected chi connectivity index (χ2v) is 9.97. The quantitative estimate of drug-likeness (QED) is 0.483. The topological polar surface area (TPSA) is 101 Å². The molecule has 2 heterocycles. The Morgan fingerprint density at radius 2 is 1.77 bits per heavy atom. The fraction of sp³-hybridized carbons (Fsp3) is 0.414. The maximum Gasteiger partial charge on any atom is 0.338 e. The molecule has 214 valence electrons. The molecular weight excluding hydrogens is 536 g/mol. The molecule has 10 nitrogen and oxygen atoms in total. The highest BCUT2D eigenvalue weighted by atomic mass is 35.5. The Balaban J connectivity index is 1.64. The first-order chi connectivity index (χ1) is 19.3. The number of carbonyl (C=O) groups is 3. The molecule has 3 amide bonds. The van der Waals surface area contributed by atoms with Gasteiger partial charge in [-0.05, 0) is 43.7 Å². The van der Waals surface area contributed by atoms with Crippen molar-refractivity contribution in [2.75, 3.05) is 60.6 Å². The molecular formula is C29H35ClN4O6. The summed E-state index contributed by atoms with van der Waals surface area (Å²) < 4.78 is 16.6. The molecule has 2 aromatic rings. The molecule has 2 aliphatic rings. The van der Waals surface area contributed by atoms with Gasteiger partial charge in [0.1, 0.15) is 0 Å². The Morgan fingerprint density at radius 1 is 1.02 bits per heavy atom. The summed E-state index contributed by atoms with van der Waals surface area (Å²) in [7, 11) is 4.68. The van der Waals surface area contributed by atoms with Gasteiger partial charge >= 0.3 is 12.0 Å². The number of nitrogens with one attached hydrogen (secondary N) is 1. The number of methoxy groups -OCH3 is 2. The average molecular weight is 571 g/mol. The maximum atomic E-state index is 13.4. The van der Waals surface area contributed by atoms with Gasteiger partial charge in [-0.2, -0.15) is 0 Å². The minimum absolute atomic E-state index is 0.0516. The van der Waals surface area contributed by atoms with Gasteiger partial charge in [-0.1, -0.05) is 23.7 Å². The Kier molecular flexibility index (Phi) is 9.54. The summed E-state index contributed by atoms with van der Waals surface area (Å²) in [5.74, 6) is 0.334. The van der Waals surface area contributed by atoms with E-state index < -0.39 is 12.0 Å². The normalized spacial score (nSPS) is 18.2. The van der Waals surface area contributed by atoms with E-state index >= 15 is 0 Å². The van der Waals surface area contributed by atoms with Gasteiger partial charge in [-0.15, -0.1) is 0 Å². The van der Waals surface area contributed by atoms with Gasteiger partial charge in [0.05, 0.1) is 32.4 Å². The van der Waals surface area contributed by atoms with E-state index in [0.29, 0.717) is 71.6 Å². The van der Waals surface area contributed by atoms with Crippen molar-refractivity contribution in [1.82, 2.24) is 20.0 Å². The summed E-state index contributed by atoms with van der Waals surface area (Å²) in [6.45, 7) is 4.61. The predicted octanol–water partition coefficient (Wildman–Crippen LogP) is 3.72. The van der Waals surface area contributed by atoms with Crippen molar-refractivity contribution < 1.29 is 28.6 Å². The third-order valence-corrected chi connectivity index (χ3v) is 7.41. The van der Waals surface area contributed by atoms with Crippen LogP contribution in [-0.2, 0) is 9.53 Å². The molecule has 2 aromatic carbocycles. The lowest BCUT2D eigenvalue weighted by Crippen LogP contribution is -2.49. The van der Waals surface area contributed by atoms with Crippen molar-refractivity contribution in [1.29, 1.82) is 0 Å². The first-order valence-electron chi connectivity index (χ1n) is 13.2. The molecule has 4 rings (SSSR count). The molecule has 1 saturated heterocycles. The van der Waals surface area contributed by atoms with E-state index in [4.69, 9.17) is 25.8 Å². The molecule has 0 saturated carbocycles. The van der Waals surface area contributed by atoms with E-state index in [-0.39, 0.29) is 18.5 Å². The number of rotatable bonds is 8. The number of ether oxygens (including phenoxy) is 3. The number of para-hydroxylation sites is 1. The highest BCUT2D eigenvalue weighted by Gasteiger charge is 2.39. The number of esters is 1. The van der Waals surface area contributed by atoms with Crippen LogP contribution in [0.2, 0.25) is 5.02 Å². The van der Waals surface area contributed by atoms with Crippen molar-refractivity contribution in [3.05, 3.63) is 69.9 Å². The zero-order chi connectivity index (χ0) is 28.8.